The van der Waals surface area contributed by atoms with Crippen molar-refractivity contribution < 1.29 is 4.79 Å². The lowest BCUT2D eigenvalue weighted by atomic mass is 10.2. The van der Waals surface area contributed by atoms with Gasteiger partial charge in [-0.2, -0.15) is 5.10 Å². The molecule has 3 aromatic rings. The Morgan fingerprint density at radius 2 is 1.88 bits per heavy atom. The molecule has 0 aromatic carbocycles. The molecule has 0 radical (unpaired) electrons. The Labute approximate surface area is 151 Å². The topological polar surface area (TPSA) is 80.0 Å². The summed E-state index contributed by atoms with van der Waals surface area (Å²) < 4.78 is 1.74. The molecular formula is C18H19N7O. The molecule has 1 aliphatic heterocycles. The van der Waals surface area contributed by atoms with Crippen LogP contribution in [0.1, 0.15) is 16.1 Å². The number of pyridine rings is 1. The quantitative estimate of drug-likeness (QED) is 0.710. The summed E-state index contributed by atoms with van der Waals surface area (Å²) in [5.74, 6) is 1.60. The number of aryl methyl sites for hydroxylation is 1. The molecule has 1 saturated heterocycles. The predicted molar refractivity (Wildman–Crippen MR) is 96.2 cm³/mol. The highest BCUT2D eigenvalue weighted by Crippen LogP contribution is 2.17. The molecule has 4 rings (SSSR count). The van der Waals surface area contributed by atoms with Gasteiger partial charge in [0.2, 0.25) is 0 Å². The van der Waals surface area contributed by atoms with E-state index >= 15 is 0 Å². The molecule has 8 nitrogen and oxygen atoms in total. The smallest absolute Gasteiger partial charge is 0.255 e. The van der Waals surface area contributed by atoms with Gasteiger partial charge in [0.15, 0.2) is 5.82 Å². The van der Waals surface area contributed by atoms with Crippen LogP contribution in [-0.4, -0.2) is 61.7 Å². The van der Waals surface area contributed by atoms with Crippen LogP contribution in [0.25, 0.3) is 5.82 Å². The highest BCUT2D eigenvalue weighted by Gasteiger charge is 2.23. The van der Waals surface area contributed by atoms with E-state index in [1.54, 1.807) is 35.5 Å². The molecule has 0 N–H and O–H groups in total. The minimum atomic E-state index is 0.0214. The van der Waals surface area contributed by atoms with Crippen molar-refractivity contribution in [1.29, 1.82) is 0 Å². The highest BCUT2D eigenvalue weighted by atomic mass is 16.2. The number of hydrogen-bond donors (Lipinski definition) is 0. The summed E-state index contributed by atoms with van der Waals surface area (Å²) in [5, 5.41) is 4.39. The Hall–Kier alpha value is -3.29. The van der Waals surface area contributed by atoms with E-state index < -0.39 is 0 Å². The van der Waals surface area contributed by atoms with Crippen molar-refractivity contribution in [2.24, 2.45) is 0 Å². The summed E-state index contributed by atoms with van der Waals surface area (Å²) >= 11 is 0. The molecule has 4 heterocycles. The maximum Gasteiger partial charge on any atom is 0.255 e. The van der Waals surface area contributed by atoms with Crippen LogP contribution < -0.4 is 4.90 Å². The molecule has 3 aromatic heterocycles. The van der Waals surface area contributed by atoms with Gasteiger partial charge in [0.1, 0.15) is 12.1 Å². The number of piperazine rings is 1. The molecule has 1 aliphatic rings. The van der Waals surface area contributed by atoms with Crippen LogP contribution in [0.3, 0.4) is 0 Å². The molecule has 0 bridgehead atoms. The van der Waals surface area contributed by atoms with E-state index in [-0.39, 0.29) is 5.91 Å². The van der Waals surface area contributed by atoms with Crippen LogP contribution in [0.15, 0.2) is 49.2 Å². The van der Waals surface area contributed by atoms with Crippen molar-refractivity contribution >= 4 is 11.7 Å². The standard InChI is InChI=1S/C18H19N7O/c1-14-4-6-25(22-14)17-11-16(20-13-21-17)23-7-9-24(10-8-23)18(26)15-3-2-5-19-12-15/h2-6,11-13H,7-10H2,1H3. The molecule has 1 fully saturated rings. The Balaban J connectivity index is 1.44. The van der Waals surface area contributed by atoms with Crippen molar-refractivity contribution in [3.8, 4) is 5.82 Å². The van der Waals surface area contributed by atoms with Gasteiger partial charge < -0.3 is 9.80 Å². The van der Waals surface area contributed by atoms with Gasteiger partial charge in [-0.25, -0.2) is 14.6 Å². The number of aromatic nitrogens is 5. The largest absolute Gasteiger partial charge is 0.353 e. The molecule has 0 saturated carbocycles. The summed E-state index contributed by atoms with van der Waals surface area (Å²) in [7, 11) is 0. The number of amides is 1. The molecule has 132 valence electrons. The summed E-state index contributed by atoms with van der Waals surface area (Å²) in [4.78, 5) is 29.2. The van der Waals surface area contributed by atoms with E-state index in [9.17, 15) is 4.79 Å². The minimum absolute atomic E-state index is 0.0214. The normalized spacial score (nSPS) is 14.5. The zero-order valence-electron chi connectivity index (χ0n) is 14.5. The lowest BCUT2D eigenvalue weighted by molar-refractivity contribution is 0.0746. The third kappa shape index (κ3) is 3.26. The first-order valence-electron chi connectivity index (χ1n) is 8.50. The fraction of sp³-hybridized carbons (Fsp3) is 0.278. The molecular weight excluding hydrogens is 330 g/mol. The fourth-order valence-corrected chi connectivity index (χ4v) is 2.99. The number of anilines is 1. The molecule has 0 unspecified atom stereocenters. The summed E-state index contributed by atoms with van der Waals surface area (Å²) in [6, 6.07) is 7.43. The van der Waals surface area contributed by atoms with Crippen molar-refractivity contribution in [3.05, 3.63) is 60.4 Å². The van der Waals surface area contributed by atoms with Crippen LogP contribution in [0, 0.1) is 6.92 Å². The van der Waals surface area contributed by atoms with E-state index in [0.717, 1.165) is 30.4 Å². The highest BCUT2D eigenvalue weighted by molar-refractivity contribution is 5.94. The summed E-state index contributed by atoms with van der Waals surface area (Å²) in [6.07, 6.45) is 6.71. The van der Waals surface area contributed by atoms with E-state index in [0.29, 0.717) is 18.7 Å². The minimum Gasteiger partial charge on any atom is -0.353 e. The lowest BCUT2D eigenvalue weighted by Crippen LogP contribution is -2.49. The van der Waals surface area contributed by atoms with Crippen LogP contribution in [-0.2, 0) is 0 Å². The first kappa shape index (κ1) is 16.2. The average molecular weight is 349 g/mol. The Morgan fingerprint density at radius 3 is 2.58 bits per heavy atom. The van der Waals surface area contributed by atoms with Crippen LogP contribution in [0.2, 0.25) is 0 Å². The van der Waals surface area contributed by atoms with Crippen molar-refractivity contribution in [3.63, 3.8) is 0 Å². The van der Waals surface area contributed by atoms with Crippen LogP contribution in [0.4, 0.5) is 5.82 Å². The number of carbonyl (C=O) groups excluding carboxylic acids is 1. The second-order valence-electron chi connectivity index (χ2n) is 6.16. The van der Waals surface area contributed by atoms with Gasteiger partial charge >= 0.3 is 0 Å². The summed E-state index contributed by atoms with van der Waals surface area (Å²) in [5.41, 5.74) is 1.56. The maximum absolute atomic E-state index is 12.5. The molecule has 0 atom stereocenters. The number of hydrogen-bond acceptors (Lipinski definition) is 6. The van der Waals surface area contributed by atoms with Crippen LogP contribution in [0.5, 0.6) is 0 Å². The zero-order chi connectivity index (χ0) is 17.9. The second kappa shape index (κ2) is 6.91. The van der Waals surface area contributed by atoms with Gasteiger partial charge in [0.25, 0.3) is 5.91 Å². The molecule has 0 spiro atoms. The van der Waals surface area contributed by atoms with E-state index in [4.69, 9.17) is 0 Å². The maximum atomic E-state index is 12.5. The van der Waals surface area contributed by atoms with Gasteiger partial charge in [-0.1, -0.05) is 0 Å². The Morgan fingerprint density at radius 1 is 1.08 bits per heavy atom. The number of nitrogens with zero attached hydrogens (tertiary/aromatic N) is 7. The summed E-state index contributed by atoms with van der Waals surface area (Å²) in [6.45, 7) is 4.68. The molecule has 26 heavy (non-hydrogen) atoms. The van der Waals surface area contributed by atoms with Gasteiger partial charge in [-0.15, -0.1) is 0 Å². The van der Waals surface area contributed by atoms with Crippen molar-refractivity contribution in [1.82, 2.24) is 29.6 Å². The van der Waals surface area contributed by atoms with E-state index in [1.165, 1.54) is 0 Å². The van der Waals surface area contributed by atoms with Gasteiger partial charge in [0.05, 0.1) is 11.3 Å². The van der Waals surface area contributed by atoms with Gasteiger partial charge in [0, 0.05) is 50.8 Å². The third-order valence-electron chi connectivity index (χ3n) is 4.39. The first-order chi connectivity index (χ1) is 12.7. The molecule has 0 aliphatic carbocycles. The number of rotatable bonds is 3. The van der Waals surface area contributed by atoms with E-state index in [2.05, 4.69) is 25.0 Å². The Kier molecular flexibility index (Phi) is 4.30. The van der Waals surface area contributed by atoms with Crippen LogP contribution >= 0.6 is 0 Å². The predicted octanol–water partition coefficient (Wildman–Crippen LogP) is 1.33. The van der Waals surface area contributed by atoms with Gasteiger partial charge in [-0.05, 0) is 25.1 Å². The fourth-order valence-electron chi connectivity index (χ4n) is 2.99. The Bertz CT molecular complexity index is 901. The second-order valence-corrected chi connectivity index (χ2v) is 6.16. The third-order valence-corrected chi connectivity index (χ3v) is 4.39. The zero-order valence-corrected chi connectivity index (χ0v) is 14.5. The SMILES string of the molecule is Cc1ccn(-c2cc(N3CCN(C(=O)c4cccnc4)CC3)ncn2)n1. The monoisotopic (exact) mass is 349 g/mol. The van der Waals surface area contributed by atoms with Crippen molar-refractivity contribution in [2.45, 2.75) is 6.92 Å². The number of carbonyl (C=O) groups is 1. The average Bonchev–Trinajstić information content (AvgIpc) is 3.15. The molecule has 1 amide bonds. The lowest BCUT2D eigenvalue weighted by Gasteiger charge is -2.35. The van der Waals surface area contributed by atoms with Crippen molar-refractivity contribution in [2.75, 3.05) is 31.1 Å². The van der Waals surface area contributed by atoms with Gasteiger partial charge in [-0.3, -0.25) is 9.78 Å². The molecule has 8 heteroatoms. The van der Waals surface area contributed by atoms with E-state index in [1.807, 2.05) is 30.2 Å². The first-order valence-corrected chi connectivity index (χ1v) is 8.50.